The summed E-state index contributed by atoms with van der Waals surface area (Å²) in [4.78, 5) is 28.9. The average Bonchev–Trinajstić information content (AvgIpc) is 3.09. The first-order valence-electron chi connectivity index (χ1n) is 8.41. The zero-order valence-electron chi connectivity index (χ0n) is 13.4. The number of aryl methyl sites for hydroxylation is 1. The van der Waals surface area contributed by atoms with Crippen molar-refractivity contribution in [3.8, 4) is 0 Å². The highest BCUT2D eigenvalue weighted by atomic mass is 16.2. The van der Waals surface area contributed by atoms with Crippen LogP contribution in [0.5, 0.6) is 0 Å². The molecule has 124 valence electrons. The molecule has 7 heteroatoms. The SMILES string of the molecule is Cn1cc([C@H]2CNC[C@@H]2C(=O)N2CCN(C3CC3)C(=O)C2)cn1. The number of nitrogens with one attached hydrogen (secondary N) is 1. The maximum Gasteiger partial charge on any atom is 0.242 e. The largest absolute Gasteiger partial charge is 0.336 e. The second kappa shape index (κ2) is 5.63. The van der Waals surface area contributed by atoms with Crippen molar-refractivity contribution < 1.29 is 9.59 Å². The van der Waals surface area contributed by atoms with Crippen molar-refractivity contribution in [1.29, 1.82) is 0 Å². The van der Waals surface area contributed by atoms with E-state index in [0.29, 0.717) is 25.7 Å². The summed E-state index contributed by atoms with van der Waals surface area (Å²) >= 11 is 0. The van der Waals surface area contributed by atoms with E-state index in [1.54, 1.807) is 9.58 Å². The zero-order valence-corrected chi connectivity index (χ0v) is 13.4. The lowest BCUT2D eigenvalue weighted by molar-refractivity contribution is -0.147. The van der Waals surface area contributed by atoms with Gasteiger partial charge in [-0.2, -0.15) is 5.10 Å². The summed E-state index contributed by atoms with van der Waals surface area (Å²) in [6.07, 6.45) is 6.06. The van der Waals surface area contributed by atoms with Crippen LogP contribution in [0.2, 0.25) is 0 Å². The third-order valence-electron chi connectivity index (χ3n) is 5.24. The number of rotatable bonds is 3. The molecule has 0 unspecified atom stereocenters. The summed E-state index contributed by atoms with van der Waals surface area (Å²) in [5.74, 6) is 0.260. The molecule has 1 aromatic heterocycles. The van der Waals surface area contributed by atoms with Gasteiger partial charge < -0.3 is 15.1 Å². The van der Waals surface area contributed by atoms with Crippen LogP contribution in [0.3, 0.4) is 0 Å². The van der Waals surface area contributed by atoms with Gasteiger partial charge in [0, 0.05) is 51.4 Å². The summed E-state index contributed by atoms with van der Waals surface area (Å²) in [6, 6.07) is 0.441. The Morgan fingerprint density at radius 3 is 2.78 bits per heavy atom. The van der Waals surface area contributed by atoms with Gasteiger partial charge in [-0.1, -0.05) is 0 Å². The van der Waals surface area contributed by atoms with Gasteiger partial charge in [0.15, 0.2) is 0 Å². The standard InChI is InChI=1S/C16H23N5O2/c1-19-9-11(6-18-19)13-7-17-8-14(13)16(23)20-4-5-21(12-2-3-12)15(22)10-20/h6,9,12-14,17H,2-5,7-8,10H2,1H3/t13-,14+/m1/s1. The molecule has 7 nitrogen and oxygen atoms in total. The molecule has 1 aromatic rings. The number of piperazine rings is 1. The van der Waals surface area contributed by atoms with Crippen LogP contribution in [-0.2, 0) is 16.6 Å². The predicted octanol–water partition coefficient (Wildman–Crippen LogP) is -0.444. The van der Waals surface area contributed by atoms with Crippen LogP contribution >= 0.6 is 0 Å². The Kier molecular flexibility index (Phi) is 3.60. The van der Waals surface area contributed by atoms with E-state index in [0.717, 1.165) is 24.9 Å². The minimum atomic E-state index is -0.0977. The molecule has 0 aromatic carbocycles. The monoisotopic (exact) mass is 317 g/mol. The number of carbonyl (C=O) groups is 2. The lowest BCUT2D eigenvalue weighted by Gasteiger charge is -2.36. The molecule has 4 rings (SSSR count). The van der Waals surface area contributed by atoms with Crippen molar-refractivity contribution in [3.05, 3.63) is 18.0 Å². The smallest absolute Gasteiger partial charge is 0.242 e. The fraction of sp³-hybridized carbons (Fsp3) is 0.688. The fourth-order valence-electron chi connectivity index (χ4n) is 3.80. The number of carbonyl (C=O) groups excluding carboxylic acids is 2. The third-order valence-corrected chi connectivity index (χ3v) is 5.24. The highest BCUT2D eigenvalue weighted by Gasteiger charge is 2.41. The Morgan fingerprint density at radius 1 is 1.30 bits per heavy atom. The summed E-state index contributed by atoms with van der Waals surface area (Å²) in [5, 5.41) is 7.54. The summed E-state index contributed by atoms with van der Waals surface area (Å²) < 4.78 is 1.77. The Labute approximate surface area is 135 Å². The molecule has 1 aliphatic carbocycles. The number of aromatic nitrogens is 2. The van der Waals surface area contributed by atoms with Gasteiger partial charge in [0.05, 0.1) is 18.7 Å². The van der Waals surface area contributed by atoms with Gasteiger partial charge in [-0.05, 0) is 18.4 Å². The van der Waals surface area contributed by atoms with Crippen LogP contribution in [0, 0.1) is 5.92 Å². The van der Waals surface area contributed by atoms with Crippen molar-refractivity contribution in [3.63, 3.8) is 0 Å². The molecule has 2 atom stereocenters. The van der Waals surface area contributed by atoms with Gasteiger partial charge in [-0.15, -0.1) is 0 Å². The number of hydrogen-bond donors (Lipinski definition) is 1. The van der Waals surface area contributed by atoms with Crippen molar-refractivity contribution in [2.45, 2.75) is 24.8 Å². The second-order valence-corrected chi connectivity index (χ2v) is 6.90. The Bertz CT molecular complexity index is 624. The molecule has 0 bridgehead atoms. The van der Waals surface area contributed by atoms with Crippen LogP contribution in [0.25, 0.3) is 0 Å². The van der Waals surface area contributed by atoms with Crippen LogP contribution in [0.1, 0.15) is 24.3 Å². The van der Waals surface area contributed by atoms with E-state index >= 15 is 0 Å². The van der Waals surface area contributed by atoms with E-state index in [-0.39, 0.29) is 30.2 Å². The van der Waals surface area contributed by atoms with Gasteiger partial charge in [-0.25, -0.2) is 0 Å². The van der Waals surface area contributed by atoms with Crippen molar-refractivity contribution >= 4 is 11.8 Å². The molecule has 0 spiro atoms. The minimum Gasteiger partial charge on any atom is -0.336 e. The Morgan fingerprint density at radius 2 is 2.13 bits per heavy atom. The van der Waals surface area contributed by atoms with Crippen LogP contribution in [-0.4, -0.2) is 70.2 Å². The Balaban J connectivity index is 1.44. The molecule has 1 saturated carbocycles. The van der Waals surface area contributed by atoms with Crippen molar-refractivity contribution in [2.75, 3.05) is 32.7 Å². The molecule has 23 heavy (non-hydrogen) atoms. The summed E-state index contributed by atoms with van der Waals surface area (Å²) in [5.41, 5.74) is 1.10. The number of hydrogen-bond acceptors (Lipinski definition) is 4. The van der Waals surface area contributed by atoms with E-state index in [1.807, 2.05) is 24.3 Å². The molecular weight excluding hydrogens is 294 g/mol. The highest BCUT2D eigenvalue weighted by Crippen LogP contribution is 2.31. The minimum absolute atomic E-state index is 0.0977. The Hall–Kier alpha value is -1.89. The van der Waals surface area contributed by atoms with Gasteiger partial charge in [0.2, 0.25) is 11.8 Å². The lowest BCUT2D eigenvalue weighted by atomic mass is 9.89. The fourth-order valence-corrected chi connectivity index (χ4v) is 3.80. The summed E-state index contributed by atoms with van der Waals surface area (Å²) in [6.45, 7) is 3.06. The van der Waals surface area contributed by atoms with Gasteiger partial charge >= 0.3 is 0 Å². The van der Waals surface area contributed by atoms with Crippen molar-refractivity contribution in [2.24, 2.45) is 13.0 Å². The molecular formula is C16H23N5O2. The van der Waals surface area contributed by atoms with E-state index in [9.17, 15) is 9.59 Å². The van der Waals surface area contributed by atoms with Crippen LogP contribution in [0.15, 0.2) is 12.4 Å². The molecule has 0 radical (unpaired) electrons. The third kappa shape index (κ3) is 2.73. The molecule has 3 fully saturated rings. The van der Waals surface area contributed by atoms with Crippen LogP contribution in [0.4, 0.5) is 0 Å². The molecule has 3 heterocycles. The first kappa shape index (κ1) is 14.7. The number of amides is 2. The van der Waals surface area contributed by atoms with Crippen LogP contribution < -0.4 is 5.32 Å². The van der Waals surface area contributed by atoms with Gasteiger partial charge in [-0.3, -0.25) is 14.3 Å². The van der Waals surface area contributed by atoms with E-state index < -0.39 is 0 Å². The van der Waals surface area contributed by atoms with Gasteiger partial charge in [0.1, 0.15) is 0 Å². The average molecular weight is 317 g/mol. The zero-order chi connectivity index (χ0) is 16.0. The van der Waals surface area contributed by atoms with Crippen molar-refractivity contribution in [1.82, 2.24) is 24.9 Å². The maximum atomic E-state index is 12.9. The number of nitrogens with zero attached hydrogens (tertiary/aromatic N) is 4. The molecule has 2 aliphatic heterocycles. The maximum absolute atomic E-state index is 12.9. The van der Waals surface area contributed by atoms with Gasteiger partial charge in [0.25, 0.3) is 0 Å². The normalized spacial score (nSPS) is 28.5. The second-order valence-electron chi connectivity index (χ2n) is 6.90. The quantitative estimate of drug-likeness (QED) is 0.820. The van der Waals surface area contributed by atoms with E-state index in [4.69, 9.17) is 0 Å². The molecule has 1 N–H and O–H groups in total. The topological polar surface area (TPSA) is 70.5 Å². The summed E-state index contributed by atoms with van der Waals surface area (Å²) in [7, 11) is 1.89. The highest BCUT2D eigenvalue weighted by molar-refractivity contribution is 5.88. The first-order valence-corrected chi connectivity index (χ1v) is 8.41. The molecule has 2 saturated heterocycles. The first-order chi connectivity index (χ1) is 11.1. The molecule has 2 amide bonds. The van der Waals surface area contributed by atoms with E-state index in [1.165, 1.54) is 0 Å². The molecule has 3 aliphatic rings. The van der Waals surface area contributed by atoms with E-state index in [2.05, 4.69) is 10.4 Å². The predicted molar refractivity (Wildman–Crippen MR) is 83.6 cm³/mol. The lowest BCUT2D eigenvalue weighted by Crippen LogP contribution is -2.54.